The Balaban J connectivity index is 1.77. The molecule has 1 amide bonds. The lowest BCUT2D eigenvalue weighted by molar-refractivity contribution is -0.122. The summed E-state index contributed by atoms with van der Waals surface area (Å²) in [4.78, 5) is 12.3. The monoisotopic (exact) mass is 310 g/mol. The van der Waals surface area contributed by atoms with Gasteiger partial charge >= 0.3 is 0 Å². The van der Waals surface area contributed by atoms with Crippen LogP contribution in [0, 0.1) is 6.92 Å². The molecule has 0 radical (unpaired) electrons. The molecule has 0 bridgehead atoms. The first-order valence-corrected chi connectivity index (χ1v) is 8.22. The molecule has 3 heteroatoms. The Kier molecular flexibility index (Phi) is 6.21. The Bertz CT molecular complexity index is 607. The predicted molar refractivity (Wildman–Crippen MR) is 96.6 cm³/mol. The fourth-order valence-corrected chi connectivity index (χ4v) is 2.43. The number of hydrogen-bond donors (Lipinski definition) is 2. The molecular formula is C20H26N2O. The first-order valence-electron chi connectivity index (χ1n) is 8.22. The first kappa shape index (κ1) is 17.1. The molecule has 2 N–H and O–H groups in total. The molecule has 0 aliphatic carbocycles. The van der Waals surface area contributed by atoms with E-state index < -0.39 is 0 Å². The Morgan fingerprint density at radius 2 is 1.65 bits per heavy atom. The largest absolute Gasteiger partial charge is 0.374 e. The van der Waals surface area contributed by atoms with E-state index in [-0.39, 0.29) is 18.0 Å². The topological polar surface area (TPSA) is 41.1 Å². The third-order valence-corrected chi connectivity index (χ3v) is 3.93. The van der Waals surface area contributed by atoms with Gasteiger partial charge in [0.15, 0.2) is 0 Å². The van der Waals surface area contributed by atoms with Crippen LogP contribution >= 0.6 is 0 Å². The van der Waals surface area contributed by atoms with Crippen LogP contribution in [-0.4, -0.2) is 18.0 Å². The zero-order valence-corrected chi connectivity index (χ0v) is 14.2. The predicted octanol–water partition coefficient (Wildman–Crippen LogP) is 3.93. The lowest BCUT2D eigenvalue weighted by Gasteiger charge is -2.19. The molecule has 0 heterocycles. The van der Waals surface area contributed by atoms with Gasteiger partial charge in [0, 0.05) is 11.7 Å². The molecule has 2 rings (SSSR count). The molecule has 122 valence electrons. The maximum Gasteiger partial charge on any atom is 0.242 e. The number of amides is 1. The van der Waals surface area contributed by atoms with E-state index in [0.717, 1.165) is 18.5 Å². The molecule has 23 heavy (non-hydrogen) atoms. The second kappa shape index (κ2) is 8.37. The summed E-state index contributed by atoms with van der Waals surface area (Å²) in [5.41, 5.74) is 3.48. The quantitative estimate of drug-likeness (QED) is 0.813. The molecule has 3 nitrogen and oxygen atoms in total. The number of hydrogen-bond acceptors (Lipinski definition) is 2. The van der Waals surface area contributed by atoms with Crippen molar-refractivity contribution >= 4 is 11.6 Å². The van der Waals surface area contributed by atoms with Crippen LogP contribution in [0.15, 0.2) is 54.6 Å². The second-order valence-electron chi connectivity index (χ2n) is 6.17. The molecule has 0 aliphatic rings. The number of rotatable bonds is 7. The summed E-state index contributed by atoms with van der Waals surface area (Å²) in [5.74, 6) is 0.0335. The Labute approximate surface area is 139 Å². The number of benzene rings is 2. The van der Waals surface area contributed by atoms with Crippen LogP contribution in [0.3, 0.4) is 0 Å². The van der Waals surface area contributed by atoms with Crippen LogP contribution < -0.4 is 10.6 Å². The van der Waals surface area contributed by atoms with E-state index in [9.17, 15) is 4.79 Å². The summed E-state index contributed by atoms with van der Waals surface area (Å²) in [7, 11) is 0. The SMILES string of the molecule is Cc1ccc(N[C@H](C)C(=O)N[C@@H](C)CCc2ccccc2)cc1. The normalized spacial score (nSPS) is 13.2. The van der Waals surface area contributed by atoms with Gasteiger partial charge in [0.05, 0.1) is 0 Å². The molecule has 0 saturated heterocycles. The van der Waals surface area contributed by atoms with Crippen molar-refractivity contribution in [1.82, 2.24) is 5.32 Å². The zero-order chi connectivity index (χ0) is 16.7. The maximum atomic E-state index is 12.3. The van der Waals surface area contributed by atoms with Gasteiger partial charge in [-0.15, -0.1) is 0 Å². The average Bonchev–Trinajstić information content (AvgIpc) is 2.56. The van der Waals surface area contributed by atoms with Crippen LogP contribution in [0.25, 0.3) is 0 Å². The fourth-order valence-electron chi connectivity index (χ4n) is 2.43. The molecule has 0 aliphatic heterocycles. The third-order valence-electron chi connectivity index (χ3n) is 3.93. The highest BCUT2D eigenvalue weighted by Gasteiger charge is 2.15. The summed E-state index contributed by atoms with van der Waals surface area (Å²) < 4.78 is 0. The van der Waals surface area contributed by atoms with Gasteiger partial charge in [-0.3, -0.25) is 4.79 Å². The summed E-state index contributed by atoms with van der Waals surface area (Å²) in [6, 6.07) is 18.3. The van der Waals surface area contributed by atoms with Crippen molar-refractivity contribution in [2.75, 3.05) is 5.32 Å². The minimum absolute atomic E-state index is 0.0335. The smallest absolute Gasteiger partial charge is 0.242 e. The van der Waals surface area contributed by atoms with Gasteiger partial charge in [0.1, 0.15) is 6.04 Å². The van der Waals surface area contributed by atoms with Crippen molar-refractivity contribution in [3.05, 3.63) is 65.7 Å². The van der Waals surface area contributed by atoms with Gasteiger partial charge in [-0.1, -0.05) is 48.0 Å². The fraction of sp³-hybridized carbons (Fsp3) is 0.350. The van der Waals surface area contributed by atoms with Crippen molar-refractivity contribution in [3.8, 4) is 0 Å². The minimum Gasteiger partial charge on any atom is -0.374 e. The van der Waals surface area contributed by atoms with Gasteiger partial charge in [-0.05, 0) is 51.3 Å². The number of anilines is 1. The van der Waals surface area contributed by atoms with Crippen molar-refractivity contribution in [1.29, 1.82) is 0 Å². The van der Waals surface area contributed by atoms with Crippen molar-refractivity contribution < 1.29 is 4.79 Å². The number of nitrogens with one attached hydrogen (secondary N) is 2. The first-order chi connectivity index (χ1) is 11.0. The molecular weight excluding hydrogens is 284 g/mol. The maximum absolute atomic E-state index is 12.3. The van der Waals surface area contributed by atoms with E-state index in [4.69, 9.17) is 0 Å². The lowest BCUT2D eigenvalue weighted by atomic mass is 10.1. The van der Waals surface area contributed by atoms with Crippen LogP contribution in [0.4, 0.5) is 5.69 Å². The van der Waals surface area contributed by atoms with Gasteiger partial charge in [-0.25, -0.2) is 0 Å². The van der Waals surface area contributed by atoms with Crippen LogP contribution in [0.1, 0.15) is 31.4 Å². The van der Waals surface area contributed by atoms with Crippen molar-refractivity contribution in [2.45, 2.75) is 45.7 Å². The number of aryl methyl sites for hydroxylation is 2. The van der Waals surface area contributed by atoms with E-state index in [2.05, 4.69) is 29.7 Å². The van der Waals surface area contributed by atoms with Crippen LogP contribution in [-0.2, 0) is 11.2 Å². The minimum atomic E-state index is -0.253. The molecule has 0 spiro atoms. The molecule has 2 aromatic carbocycles. The second-order valence-corrected chi connectivity index (χ2v) is 6.17. The molecule has 2 aromatic rings. The lowest BCUT2D eigenvalue weighted by Crippen LogP contribution is -2.42. The van der Waals surface area contributed by atoms with Crippen LogP contribution in [0.2, 0.25) is 0 Å². The third kappa shape index (κ3) is 5.78. The van der Waals surface area contributed by atoms with Gasteiger partial charge < -0.3 is 10.6 Å². The number of carbonyl (C=O) groups is 1. The zero-order valence-electron chi connectivity index (χ0n) is 14.2. The summed E-state index contributed by atoms with van der Waals surface area (Å²) in [6.07, 6.45) is 1.91. The summed E-state index contributed by atoms with van der Waals surface area (Å²) in [5, 5.41) is 6.32. The molecule has 0 saturated carbocycles. The molecule has 2 atom stereocenters. The van der Waals surface area contributed by atoms with Crippen molar-refractivity contribution in [2.24, 2.45) is 0 Å². The summed E-state index contributed by atoms with van der Waals surface area (Å²) in [6.45, 7) is 5.99. The Morgan fingerprint density at radius 3 is 2.30 bits per heavy atom. The van der Waals surface area contributed by atoms with E-state index in [1.165, 1.54) is 11.1 Å². The molecule has 0 aromatic heterocycles. The summed E-state index contributed by atoms with van der Waals surface area (Å²) >= 11 is 0. The Hall–Kier alpha value is -2.29. The highest BCUT2D eigenvalue weighted by molar-refractivity contribution is 5.84. The van der Waals surface area contributed by atoms with Gasteiger partial charge in [-0.2, -0.15) is 0 Å². The van der Waals surface area contributed by atoms with E-state index in [1.807, 2.05) is 56.3 Å². The highest BCUT2D eigenvalue weighted by atomic mass is 16.2. The Morgan fingerprint density at radius 1 is 1.00 bits per heavy atom. The standard InChI is InChI=1S/C20H26N2O/c1-15-9-13-19(14-10-15)22-17(3)20(23)21-16(2)11-12-18-7-5-4-6-8-18/h4-10,13-14,16-17,22H,11-12H2,1-3H3,(H,21,23)/t16-,17+/m0/s1. The molecule has 0 unspecified atom stereocenters. The van der Waals surface area contributed by atoms with Crippen molar-refractivity contribution in [3.63, 3.8) is 0 Å². The molecule has 0 fully saturated rings. The van der Waals surface area contributed by atoms with E-state index >= 15 is 0 Å². The van der Waals surface area contributed by atoms with Gasteiger partial charge in [0.25, 0.3) is 0 Å². The van der Waals surface area contributed by atoms with Crippen LogP contribution in [0.5, 0.6) is 0 Å². The average molecular weight is 310 g/mol. The highest BCUT2D eigenvalue weighted by Crippen LogP contribution is 2.10. The van der Waals surface area contributed by atoms with E-state index in [0.29, 0.717) is 0 Å². The van der Waals surface area contributed by atoms with Gasteiger partial charge in [0.2, 0.25) is 5.91 Å². The number of carbonyl (C=O) groups excluding carboxylic acids is 1. The van der Waals surface area contributed by atoms with E-state index in [1.54, 1.807) is 0 Å².